The molecule has 1 amide bonds. The second-order valence-electron chi connectivity index (χ2n) is 6.85. The van der Waals surface area contributed by atoms with Gasteiger partial charge in [0.25, 0.3) is 0 Å². The third-order valence-electron chi connectivity index (χ3n) is 4.79. The van der Waals surface area contributed by atoms with Crippen molar-refractivity contribution >= 4 is 5.91 Å². The number of nitrogens with zero attached hydrogens (tertiary/aromatic N) is 3. The summed E-state index contributed by atoms with van der Waals surface area (Å²) < 4.78 is 20.8. The largest absolute Gasteiger partial charge is 0.464 e. The Hall–Kier alpha value is -2.89. The van der Waals surface area contributed by atoms with Crippen molar-refractivity contribution in [1.82, 2.24) is 14.7 Å². The molecule has 0 spiro atoms. The number of carbonyl (C=O) groups excluding carboxylic acids is 1. The normalized spacial score (nSPS) is 13.3. The maximum absolute atomic E-state index is 13.5. The Balaban J connectivity index is 1.50. The molecule has 0 unspecified atom stereocenters. The first-order valence-corrected chi connectivity index (χ1v) is 8.57. The lowest BCUT2D eigenvalue weighted by molar-refractivity contribution is -0.132. The van der Waals surface area contributed by atoms with Crippen LogP contribution in [-0.2, 0) is 24.4 Å². The van der Waals surface area contributed by atoms with Gasteiger partial charge < -0.3 is 9.32 Å². The molecular formula is C20H20FN3O2. The Morgan fingerprint density at radius 1 is 1.19 bits per heavy atom. The predicted octanol–water partition coefficient (Wildman–Crippen LogP) is 3.75. The maximum Gasteiger partial charge on any atom is 0.245 e. The van der Waals surface area contributed by atoms with Crippen molar-refractivity contribution in [2.45, 2.75) is 40.4 Å². The van der Waals surface area contributed by atoms with E-state index in [4.69, 9.17) is 4.42 Å². The molecule has 0 saturated heterocycles. The van der Waals surface area contributed by atoms with Crippen molar-refractivity contribution < 1.29 is 13.6 Å². The van der Waals surface area contributed by atoms with Crippen LogP contribution in [0.2, 0.25) is 0 Å². The molecule has 0 bridgehead atoms. The van der Waals surface area contributed by atoms with Gasteiger partial charge in [-0.1, -0.05) is 0 Å². The lowest BCUT2D eigenvalue weighted by atomic mass is 10.1. The van der Waals surface area contributed by atoms with Crippen LogP contribution >= 0.6 is 0 Å². The topological polar surface area (TPSA) is 51.3 Å². The molecule has 0 aliphatic carbocycles. The van der Waals surface area contributed by atoms with Crippen molar-refractivity contribution in [2.75, 3.05) is 0 Å². The molecule has 1 aliphatic rings. The van der Waals surface area contributed by atoms with Crippen molar-refractivity contribution in [1.29, 1.82) is 0 Å². The molecule has 1 aromatic carbocycles. The molecule has 0 atom stereocenters. The van der Waals surface area contributed by atoms with Gasteiger partial charge in [0.2, 0.25) is 5.91 Å². The molecule has 26 heavy (non-hydrogen) atoms. The van der Waals surface area contributed by atoms with Gasteiger partial charge in [0.15, 0.2) is 0 Å². The van der Waals surface area contributed by atoms with Crippen LogP contribution < -0.4 is 0 Å². The van der Waals surface area contributed by atoms with Gasteiger partial charge in [-0.25, -0.2) is 4.39 Å². The maximum atomic E-state index is 13.5. The van der Waals surface area contributed by atoms with Crippen LogP contribution in [0.15, 0.2) is 34.7 Å². The Labute approximate surface area is 151 Å². The van der Waals surface area contributed by atoms with Gasteiger partial charge >= 0.3 is 0 Å². The van der Waals surface area contributed by atoms with Crippen molar-refractivity contribution in [3.8, 4) is 11.3 Å². The summed E-state index contributed by atoms with van der Waals surface area (Å²) in [5, 5.41) is 4.54. The van der Waals surface area contributed by atoms with E-state index in [1.165, 1.54) is 6.07 Å². The summed E-state index contributed by atoms with van der Waals surface area (Å²) in [7, 11) is 0. The van der Waals surface area contributed by atoms with E-state index in [1.807, 2.05) is 26.0 Å². The number of aromatic nitrogens is 2. The highest BCUT2D eigenvalue weighted by molar-refractivity contribution is 5.77. The molecule has 5 nitrogen and oxygen atoms in total. The molecule has 3 aromatic rings. The smallest absolute Gasteiger partial charge is 0.245 e. The number of hydrogen-bond acceptors (Lipinski definition) is 3. The minimum atomic E-state index is -0.235. The summed E-state index contributed by atoms with van der Waals surface area (Å²) in [5.41, 5.74) is 4.13. The van der Waals surface area contributed by atoms with Crippen molar-refractivity contribution in [2.24, 2.45) is 0 Å². The first-order valence-electron chi connectivity index (χ1n) is 8.57. The number of halogens is 1. The summed E-state index contributed by atoms with van der Waals surface area (Å²) in [4.78, 5) is 14.4. The van der Waals surface area contributed by atoms with Gasteiger partial charge in [-0.2, -0.15) is 5.10 Å². The van der Waals surface area contributed by atoms with E-state index >= 15 is 0 Å². The molecule has 3 heterocycles. The quantitative estimate of drug-likeness (QED) is 0.721. The zero-order valence-corrected chi connectivity index (χ0v) is 15.0. The number of fused-ring (bicyclic) bond motifs is 1. The van der Waals surface area contributed by atoms with E-state index in [-0.39, 0.29) is 18.3 Å². The molecule has 134 valence electrons. The highest BCUT2D eigenvalue weighted by atomic mass is 19.1. The third-order valence-corrected chi connectivity index (χ3v) is 4.79. The fourth-order valence-corrected chi connectivity index (χ4v) is 3.34. The number of benzene rings is 1. The Morgan fingerprint density at radius 3 is 2.73 bits per heavy atom. The van der Waals surface area contributed by atoms with Gasteiger partial charge in [-0.05, 0) is 56.7 Å². The van der Waals surface area contributed by atoms with E-state index in [2.05, 4.69) is 5.10 Å². The molecule has 0 N–H and O–H groups in total. The minimum Gasteiger partial charge on any atom is -0.464 e. The number of carbonyl (C=O) groups is 1. The number of amides is 1. The summed E-state index contributed by atoms with van der Waals surface area (Å²) in [6.07, 6.45) is 0. The number of furan rings is 1. The second kappa shape index (κ2) is 6.12. The van der Waals surface area contributed by atoms with Crippen LogP contribution in [-0.4, -0.2) is 20.6 Å². The standard InChI is InChI=1S/C20H20FN3O2/c1-12-6-15(4-5-17(12)21)18-7-13(2)24(22-18)11-20(25)23-9-16-8-14(3)26-19(16)10-23/h4-8H,9-11H2,1-3H3. The number of rotatable bonds is 3. The van der Waals surface area contributed by atoms with E-state index in [1.54, 1.807) is 28.6 Å². The molecule has 0 radical (unpaired) electrons. The monoisotopic (exact) mass is 353 g/mol. The van der Waals surface area contributed by atoms with Crippen molar-refractivity contribution in [3.05, 3.63) is 64.5 Å². The molecule has 0 saturated carbocycles. The van der Waals surface area contributed by atoms with Crippen LogP contribution in [0.4, 0.5) is 4.39 Å². The number of aryl methyl sites for hydroxylation is 3. The van der Waals surface area contributed by atoms with Crippen LogP contribution in [0.3, 0.4) is 0 Å². The van der Waals surface area contributed by atoms with E-state index < -0.39 is 0 Å². The van der Waals surface area contributed by atoms with Gasteiger partial charge in [-0.3, -0.25) is 9.48 Å². The number of hydrogen-bond donors (Lipinski definition) is 0. The van der Waals surface area contributed by atoms with E-state index in [0.29, 0.717) is 18.7 Å². The summed E-state index contributed by atoms with van der Waals surface area (Å²) in [6, 6.07) is 8.81. The lowest BCUT2D eigenvalue weighted by Crippen LogP contribution is -2.30. The SMILES string of the molecule is Cc1cc2c(o1)CN(C(=O)Cn1nc(-c3ccc(F)c(C)c3)cc1C)C2. The summed E-state index contributed by atoms with van der Waals surface area (Å²) in [5.74, 6) is 1.52. The zero-order chi connectivity index (χ0) is 18.4. The first-order chi connectivity index (χ1) is 12.4. The molecular weight excluding hydrogens is 333 g/mol. The van der Waals surface area contributed by atoms with Gasteiger partial charge in [0.1, 0.15) is 23.9 Å². The lowest BCUT2D eigenvalue weighted by Gasteiger charge is -2.15. The average Bonchev–Trinajstić information content (AvgIpc) is 3.23. The molecule has 6 heteroatoms. The van der Waals surface area contributed by atoms with Crippen molar-refractivity contribution in [3.63, 3.8) is 0 Å². The Morgan fingerprint density at radius 2 is 2.00 bits per heavy atom. The van der Waals surface area contributed by atoms with Crippen LogP contribution in [0.5, 0.6) is 0 Å². The average molecular weight is 353 g/mol. The van der Waals surface area contributed by atoms with E-state index in [0.717, 1.165) is 34.0 Å². The zero-order valence-electron chi connectivity index (χ0n) is 15.0. The van der Waals surface area contributed by atoms with Crippen LogP contribution in [0, 0.1) is 26.6 Å². The van der Waals surface area contributed by atoms with Gasteiger partial charge in [0.05, 0.1) is 12.2 Å². The Kier molecular flexibility index (Phi) is 3.90. The highest BCUT2D eigenvalue weighted by Crippen LogP contribution is 2.26. The fourth-order valence-electron chi connectivity index (χ4n) is 3.34. The van der Waals surface area contributed by atoms with Gasteiger partial charge in [-0.15, -0.1) is 0 Å². The molecule has 4 rings (SSSR count). The van der Waals surface area contributed by atoms with Gasteiger partial charge in [0, 0.05) is 23.4 Å². The predicted molar refractivity (Wildman–Crippen MR) is 94.8 cm³/mol. The second-order valence-corrected chi connectivity index (χ2v) is 6.85. The highest BCUT2D eigenvalue weighted by Gasteiger charge is 2.27. The van der Waals surface area contributed by atoms with E-state index in [9.17, 15) is 9.18 Å². The molecule has 1 aliphatic heterocycles. The minimum absolute atomic E-state index is 0.00193. The summed E-state index contributed by atoms with van der Waals surface area (Å²) in [6.45, 7) is 6.81. The molecule has 2 aromatic heterocycles. The third kappa shape index (κ3) is 2.92. The Bertz CT molecular complexity index is 979. The summed E-state index contributed by atoms with van der Waals surface area (Å²) >= 11 is 0. The van der Waals surface area contributed by atoms with Crippen LogP contribution in [0.1, 0.15) is 28.3 Å². The van der Waals surface area contributed by atoms with Crippen LogP contribution in [0.25, 0.3) is 11.3 Å². The fraction of sp³-hybridized carbons (Fsp3) is 0.300. The molecule has 0 fully saturated rings. The first kappa shape index (κ1) is 16.6.